The van der Waals surface area contributed by atoms with E-state index in [0.29, 0.717) is 12.3 Å². The van der Waals surface area contributed by atoms with Gasteiger partial charge in [-0.3, -0.25) is 0 Å². The fraction of sp³-hybridized carbons (Fsp3) is 0.571. The monoisotopic (exact) mass is 316 g/mol. The molecule has 0 fully saturated rings. The van der Waals surface area contributed by atoms with Crippen LogP contribution >= 0.6 is 0 Å². The minimum atomic E-state index is -3.74. The van der Waals surface area contributed by atoms with Crippen molar-refractivity contribution in [3.8, 4) is 5.75 Å². The molecule has 0 heterocycles. The zero-order valence-corrected chi connectivity index (χ0v) is 14.0. The molecule has 1 unspecified atom stereocenters. The number of methoxy groups -OCH3 is 2. The van der Waals surface area contributed by atoms with Crippen LogP contribution in [0, 0.1) is 12.8 Å². The molecule has 0 radical (unpaired) electrons. The number of benzene rings is 1. The minimum Gasteiger partial charge on any atom is -0.495 e. The van der Waals surface area contributed by atoms with Gasteiger partial charge in [-0.1, -0.05) is 13.8 Å². The van der Waals surface area contributed by atoms with Crippen molar-refractivity contribution in [2.75, 3.05) is 26.6 Å². The Hall–Kier alpha value is -1.31. The molecule has 1 atom stereocenters. The van der Waals surface area contributed by atoms with E-state index in [4.69, 9.17) is 15.2 Å². The van der Waals surface area contributed by atoms with Crippen molar-refractivity contribution in [1.29, 1.82) is 0 Å². The average molecular weight is 316 g/mol. The highest BCUT2D eigenvalue weighted by Gasteiger charge is 2.26. The van der Waals surface area contributed by atoms with Crippen LogP contribution in [0.5, 0.6) is 5.75 Å². The lowest BCUT2D eigenvalue weighted by atomic mass is 10.1. The van der Waals surface area contributed by atoms with Crippen LogP contribution in [-0.4, -0.2) is 35.3 Å². The first-order valence-corrected chi connectivity index (χ1v) is 8.16. The van der Waals surface area contributed by atoms with E-state index in [2.05, 4.69) is 4.72 Å². The van der Waals surface area contributed by atoms with Crippen molar-refractivity contribution >= 4 is 15.7 Å². The SMILES string of the molecule is COCC(NS(=O)(=O)c1cc(N)c(C)cc1OC)C(C)C. The number of nitrogens with one attached hydrogen (secondary N) is 1. The van der Waals surface area contributed by atoms with Gasteiger partial charge in [-0.05, 0) is 30.5 Å². The molecule has 0 saturated carbocycles. The Morgan fingerprint density at radius 1 is 1.29 bits per heavy atom. The molecule has 0 aromatic heterocycles. The highest BCUT2D eigenvalue weighted by atomic mass is 32.2. The standard InChI is InChI=1S/C14H24N2O4S/c1-9(2)12(8-19-4)16-21(17,18)14-7-11(15)10(3)6-13(14)20-5/h6-7,9,12,16H,8,15H2,1-5H3. The van der Waals surface area contributed by atoms with Crippen LogP contribution in [0.15, 0.2) is 17.0 Å². The first kappa shape index (κ1) is 17.7. The maximum atomic E-state index is 12.6. The van der Waals surface area contributed by atoms with E-state index >= 15 is 0 Å². The van der Waals surface area contributed by atoms with Gasteiger partial charge in [0.1, 0.15) is 10.6 Å². The molecule has 1 aromatic carbocycles. The molecule has 7 heteroatoms. The van der Waals surface area contributed by atoms with Gasteiger partial charge in [0.05, 0.1) is 13.7 Å². The van der Waals surface area contributed by atoms with Crippen LogP contribution in [0.25, 0.3) is 0 Å². The van der Waals surface area contributed by atoms with E-state index in [-0.39, 0.29) is 22.6 Å². The van der Waals surface area contributed by atoms with Gasteiger partial charge in [-0.15, -0.1) is 0 Å². The molecule has 0 aliphatic heterocycles. The zero-order chi connectivity index (χ0) is 16.2. The van der Waals surface area contributed by atoms with E-state index < -0.39 is 10.0 Å². The summed E-state index contributed by atoms with van der Waals surface area (Å²) in [5.74, 6) is 0.364. The van der Waals surface area contributed by atoms with Crippen LogP contribution in [0.2, 0.25) is 0 Å². The maximum Gasteiger partial charge on any atom is 0.244 e. The Bertz CT molecular complexity index is 585. The highest BCUT2D eigenvalue weighted by molar-refractivity contribution is 7.89. The second kappa shape index (κ2) is 7.11. The molecule has 1 aromatic rings. The van der Waals surface area contributed by atoms with Crippen molar-refractivity contribution in [2.24, 2.45) is 5.92 Å². The van der Waals surface area contributed by atoms with Gasteiger partial charge >= 0.3 is 0 Å². The minimum absolute atomic E-state index is 0.0369. The molecule has 0 saturated heterocycles. The Labute approximate surface area is 126 Å². The van der Waals surface area contributed by atoms with Crippen molar-refractivity contribution in [2.45, 2.75) is 31.7 Å². The van der Waals surface area contributed by atoms with Crippen molar-refractivity contribution in [3.63, 3.8) is 0 Å². The van der Waals surface area contributed by atoms with Gasteiger partial charge in [-0.2, -0.15) is 0 Å². The van der Waals surface area contributed by atoms with Gasteiger partial charge in [0.2, 0.25) is 10.0 Å². The fourth-order valence-corrected chi connectivity index (χ4v) is 3.41. The molecular formula is C14H24N2O4S. The number of nitrogens with two attached hydrogens (primary N) is 1. The molecule has 0 aliphatic carbocycles. The van der Waals surface area contributed by atoms with E-state index in [9.17, 15) is 8.42 Å². The summed E-state index contributed by atoms with van der Waals surface area (Å²) in [6, 6.07) is 2.71. The summed E-state index contributed by atoms with van der Waals surface area (Å²) in [5.41, 5.74) is 6.99. The number of anilines is 1. The second-order valence-electron chi connectivity index (χ2n) is 5.29. The molecule has 21 heavy (non-hydrogen) atoms. The Morgan fingerprint density at radius 3 is 2.38 bits per heavy atom. The van der Waals surface area contributed by atoms with Crippen LogP contribution in [0.4, 0.5) is 5.69 Å². The summed E-state index contributed by atoms with van der Waals surface area (Å²) in [4.78, 5) is 0.0369. The molecule has 0 spiro atoms. The van der Waals surface area contributed by atoms with Gasteiger partial charge < -0.3 is 15.2 Å². The number of hydrogen-bond donors (Lipinski definition) is 2. The maximum absolute atomic E-state index is 12.6. The largest absolute Gasteiger partial charge is 0.495 e. The van der Waals surface area contributed by atoms with Gasteiger partial charge in [0.25, 0.3) is 0 Å². The van der Waals surface area contributed by atoms with E-state index in [1.165, 1.54) is 20.3 Å². The molecular weight excluding hydrogens is 292 g/mol. The summed E-state index contributed by atoms with van der Waals surface area (Å²) in [5, 5.41) is 0. The summed E-state index contributed by atoms with van der Waals surface area (Å²) < 4.78 is 38.0. The van der Waals surface area contributed by atoms with E-state index in [0.717, 1.165) is 5.56 Å². The normalized spacial score (nSPS) is 13.4. The molecule has 0 aliphatic rings. The Morgan fingerprint density at radius 2 is 1.90 bits per heavy atom. The molecule has 0 amide bonds. The van der Waals surface area contributed by atoms with Gasteiger partial charge in [-0.25, -0.2) is 13.1 Å². The predicted octanol–water partition coefficient (Wildman–Crippen LogP) is 1.54. The van der Waals surface area contributed by atoms with Crippen molar-refractivity contribution in [3.05, 3.63) is 17.7 Å². The fourth-order valence-electron chi connectivity index (χ4n) is 1.85. The van der Waals surface area contributed by atoms with Gasteiger partial charge in [0.15, 0.2) is 0 Å². The molecule has 6 nitrogen and oxygen atoms in total. The lowest BCUT2D eigenvalue weighted by Crippen LogP contribution is -2.41. The van der Waals surface area contributed by atoms with Crippen LogP contribution < -0.4 is 15.2 Å². The number of rotatable bonds is 7. The average Bonchev–Trinajstić information content (AvgIpc) is 2.40. The third-order valence-electron chi connectivity index (χ3n) is 3.30. The first-order chi connectivity index (χ1) is 9.72. The summed E-state index contributed by atoms with van der Waals surface area (Å²) >= 11 is 0. The predicted molar refractivity (Wildman–Crippen MR) is 83.0 cm³/mol. The van der Waals surface area contributed by atoms with Crippen molar-refractivity contribution in [1.82, 2.24) is 4.72 Å². The van der Waals surface area contributed by atoms with Crippen molar-refractivity contribution < 1.29 is 17.9 Å². The quantitative estimate of drug-likeness (QED) is 0.745. The summed E-state index contributed by atoms with van der Waals surface area (Å²) in [6.07, 6.45) is 0. The summed E-state index contributed by atoms with van der Waals surface area (Å²) in [6.45, 7) is 5.93. The van der Waals surface area contributed by atoms with Crippen LogP contribution in [-0.2, 0) is 14.8 Å². The molecule has 120 valence electrons. The lowest BCUT2D eigenvalue weighted by molar-refractivity contribution is 0.157. The Kier molecular flexibility index (Phi) is 6.00. The summed E-state index contributed by atoms with van der Waals surface area (Å²) in [7, 11) is -0.778. The molecule has 1 rings (SSSR count). The smallest absolute Gasteiger partial charge is 0.244 e. The van der Waals surface area contributed by atoms with E-state index in [1.807, 2.05) is 13.8 Å². The second-order valence-corrected chi connectivity index (χ2v) is 6.97. The third kappa shape index (κ3) is 4.33. The number of sulfonamides is 1. The van der Waals surface area contributed by atoms with Crippen LogP contribution in [0.1, 0.15) is 19.4 Å². The first-order valence-electron chi connectivity index (χ1n) is 6.68. The molecule has 0 bridgehead atoms. The van der Waals surface area contributed by atoms with Crippen LogP contribution in [0.3, 0.4) is 0 Å². The topological polar surface area (TPSA) is 90.7 Å². The third-order valence-corrected chi connectivity index (χ3v) is 4.81. The zero-order valence-electron chi connectivity index (χ0n) is 13.1. The number of nitrogen functional groups attached to an aromatic ring is 1. The van der Waals surface area contributed by atoms with E-state index in [1.54, 1.807) is 13.0 Å². The Balaban J connectivity index is 3.21. The lowest BCUT2D eigenvalue weighted by Gasteiger charge is -2.22. The number of ether oxygens (including phenoxy) is 2. The highest BCUT2D eigenvalue weighted by Crippen LogP contribution is 2.29. The number of aryl methyl sites for hydroxylation is 1. The molecule has 3 N–H and O–H groups in total. The number of hydrogen-bond acceptors (Lipinski definition) is 5. The van der Waals surface area contributed by atoms with Gasteiger partial charge in [0, 0.05) is 18.8 Å².